The highest BCUT2D eigenvalue weighted by Gasteiger charge is 2.50. The Labute approximate surface area is 137 Å². The van der Waals surface area contributed by atoms with Gasteiger partial charge in [0, 0.05) is 18.9 Å². The number of fused-ring (bicyclic) bond motifs is 1. The Hall–Kier alpha value is -1.59. The lowest BCUT2D eigenvalue weighted by molar-refractivity contribution is -0.152. The van der Waals surface area contributed by atoms with E-state index in [2.05, 4.69) is 4.90 Å². The van der Waals surface area contributed by atoms with E-state index in [1.54, 1.807) is 12.1 Å². The number of likely N-dealkylation sites (N-methyl/N-ethyl adjacent to an activating group) is 1. The number of rotatable bonds is 2. The van der Waals surface area contributed by atoms with Crippen molar-refractivity contribution in [2.75, 3.05) is 13.6 Å². The molecule has 3 unspecified atom stereocenters. The number of carbonyl (C=O) groups is 1. The van der Waals surface area contributed by atoms with Crippen LogP contribution in [-0.2, 0) is 11.2 Å². The first kappa shape index (κ1) is 17.8. The first-order chi connectivity index (χ1) is 10.4. The van der Waals surface area contributed by atoms with Gasteiger partial charge in [0.1, 0.15) is 5.78 Å². The van der Waals surface area contributed by atoms with Gasteiger partial charge in [0.2, 0.25) is 0 Å². The Morgan fingerprint density at radius 1 is 1.30 bits per heavy atom. The van der Waals surface area contributed by atoms with E-state index < -0.39 is 5.60 Å². The SMILES string of the molecule is C.CN1CCC2CC(=O)CCC2(O)C1Cc1ccc(O)c(O)c1. The highest BCUT2D eigenvalue weighted by atomic mass is 16.3. The Morgan fingerprint density at radius 2 is 2.04 bits per heavy atom. The average Bonchev–Trinajstić information content (AvgIpc) is 2.48. The highest BCUT2D eigenvalue weighted by Crippen LogP contribution is 2.43. The minimum Gasteiger partial charge on any atom is -0.504 e. The number of nitrogens with zero attached hydrogens (tertiary/aromatic N) is 1. The van der Waals surface area contributed by atoms with Crippen molar-refractivity contribution in [2.24, 2.45) is 5.92 Å². The summed E-state index contributed by atoms with van der Waals surface area (Å²) in [6.45, 7) is 0.856. The molecule has 1 heterocycles. The number of phenolic OH excluding ortho intramolecular Hbond substituents is 2. The zero-order valence-electron chi connectivity index (χ0n) is 12.8. The van der Waals surface area contributed by atoms with Crippen molar-refractivity contribution in [1.29, 1.82) is 0 Å². The molecule has 1 saturated heterocycles. The number of Topliss-reactive ketones (excluding diaryl/α,β-unsaturated/α-hetero) is 1. The molecule has 5 heteroatoms. The van der Waals surface area contributed by atoms with Gasteiger partial charge in [-0.2, -0.15) is 0 Å². The molecule has 2 fully saturated rings. The van der Waals surface area contributed by atoms with Crippen LogP contribution in [0.5, 0.6) is 11.5 Å². The molecule has 23 heavy (non-hydrogen) atoms. The Bertz CT molecular complexity index is 588. The van der Waals surface area contributed by atoms with Crippen LogP contribution in [0.2, 0.25) is 0 Å². The quantitative estimate of drug-likeness (QED) is 0.727. The van der Waals surface area contributed by atoms with Crippen molar-refractivity contribution in [2.45, 2.75) is 51.2 Å². The van der Waals surface area contributed by atoms with E-state index in [9.17, 15) is 20.1 Å². The molecule has 1 saturated carbocycles. The smallest absolute Gasteiger partial charge is 0.157 e. The van der Waals surface area contributed by atoms with Crippen LogP contribution in [0.3, 0.4) is 0 Å². The zero-order valence-corrected chi connectivity index (χ0v) is 12.8. The summed E-state index contributed by atoms with van der Waals surface area (Å²) >= 11 is 0. The molecule has 3 atom stereocenters. The van der Waals surface area contributed by atoms with Crippen LogP contribution < -0.4 is 0 Å². The van der Waals surface area contributed by atoms with Crippen molar-refractivity contribution in [1.82, 2.24) is 4.90 Å². The third-order valence-electron chi connectivity index (χ3n) is 5.39. The van der Waals surface area contributed by atoms with E-state index in [1.807, 2.05) is 7.05 Å². The number of phenols is 2. The summed E-state index contributed by atoms with van der Waals surface area (Å²) < 4.78 is 0. The Morgan fingerprint density at radius 3 is 2.74 bits per heavy atom. The third kappa shape index (κ3) is 3.21. The lowest BCUT2D eigenvalue weighted by Gasteiger charge is -2.52. The number of piperidine rings is 1. The van der Waals surface area contributed by atoms with Gasteiger partial charge in [0.25, 0.3) is 0 Å². The van der Waals surface area contributed by atoms with E-state index >= 15 is 0 Å². The molecule has 1 aliphatic heterocycles. The molecule has 0 spiro atoms. The lowest BCUT2D eigenvalue weighted by Crippen LogP contribution is -2.63. The third-order valence-corrected chi connectivity index (χ3v) is 5.39. The maximum atomic E-state index is 11.7. The van der Waals surface area contributed by atoms with E-state index in [-0.39, 0.29) is 36.7 Å². The fourth-order valence-electron chi connectivity index (χ4n) is 4.04. The maximum Gasteiger partial charge on any atom is 0.157 e. The molecule has 3 N–H and O–H groups in total. The average molecular weight is 321 g/mol. The first-order valence-electron chi connectivity index (χ1n) is 7.85. The van der Waals surface area contributed by atoms with Crippen molar-refractivity contribution >= 4 is 5.78 Å². The Balaban J connectivity index is 0.00000192. The van der Waals surface area contributed by atoms with Gasteiger partial charge in [-0.25, -0.2) is 0 Å². The van der Waals surface area contributed by atoms with Gasteiger partial charge < -0.3 is 20.2 Å². The van der Waals surface area contributed by atoms with Gasteiger partial charge in [0.15, 0.2) is 11.5 Å². The number of ketones is 1. The number of hydrogen-bond donors (Lipinski definition) is 3. The van der Waals surface area contributed by atoms with Crippen molar-refractivity contribution < 1.29 is 20.1 Å². The van der Waals surface area contributed by atoms with Gasteiger partial charge in [-0.15, -0.1) is 0 Å². The molecule has 1 aromatic rings. The summed E-state index contributed by atoms with van der Waals surface area (Å²) in [6, 6.07) is 4.70. The van der Waals surface area contributed by atoms with E-state index in [4.69, 9.17) is 0 Å². The number of aromatic hydroxyl groups is 2. The molecule has 0 bridgehead atoms. The molecule has 0 aromatic heterocycles. The van der Waals surface area contributed by atoms with E-state index in [0.717, 1.165) is 18.5 Å². The van der Waals surface area contributed by atoms with Gasteiger partial charge in [-0.3, -0.25) is 4.79 Å². The standard InChI is InChI=1S/C17H23NO4.CH4/c1-18-7-5-12-10-13(19)4-6-17(12,22)16(18)9-11-2-3-14(20)15(21)8-11;/h2-3,8,12,16,20-22H,4-7,9-10H2,1H3;1H4. The minimum atomic E-state index is -0.853. The zero-order chi connectivity index (χ0) is 15.9. The largest absolute Gasteiger partial charge is 0.504 e. The van der Waals surface area contributed by atoms with Crippen LogP contribution in [-0.4, -0.2) is 51.2 Å². The summed E-state index contributed by atoms with van der Waals surface area (Å²) in [5.41, 5.74) is 0.0205. The number of likely N-dealkylation sites (tertiary alicyclic amines) is 1. The summed E-state index contributed by atoms with van der Waals surface area (Å²) in [4.78, 5) is 13.9. The lowest BCUT2D eigenvalue weighted by atomic mass is 9.65. The second-order valence-electron chi connectivity index (χ2n) is 6.74. The highest BCUT2D eigenvalue weighted by molar-refractivity contribution is 5.80. The molecule has 128 valence electrons. The number of benzene rings is 1. The molecular weight excluding hydrogens is 294 g/mol. The van der Waals surface area contributed by atoms with Crippen molar-refractivity contribution in [3.8, 4) is 11.5 Å². The summed E-state index contributed by atoms with van der Waals surface area (Å²) in [5, 5.41) is 30.3. The van der Waals surface area contributed by atoms with Crippen LogP contribution in [0.25, 0.3) is 0 Å². The number of carbonyl (C=O) groups excluding carboxylic acids is 1. The molecular formula is C18H27NO4. The first-order valence-corrected chi connectivity index (χ1v) is 7.85. The predicted octanol–water partition coefficient (Wildman–Crippen LogP) is 2.08. The van der Waals surface area contributed by atoms with Crippen LogP contribution in [0.1, 0.15) is 38.7 Å². The molecule has 3 rings (SSSR count). The summed E-state index contributed by atoms with van der Waals surface area (Å²) in [5.74, 6) is -0.000146. The Kier molecular flexibility index (Phi) is 5.01. The monoisotopic (exact) mass is 321 g/mol. The summed E-state index contributed by atoms with van der Waals surface area (Å²) in [6.07, 6.45) is 2.86. The van der Waals surface area contributed by atoms with Crippen LogP contribution >= 0.6 is 0 Å². The van der Waals surface area contributed by atoms with Crippen LogP contribution in [0.15, 0.2) is 18.2 Å². The van der Waals surface area contributed by atoms with Gasteiger partial charge in [0.05, 0.1) is 5.60 Å². The maximum absolute atomic E-state index is 11.7. The van der Waals surface area contributed by atoms with E-state index in [1.165, 1.54) is 6.07 Å². The molecule has 0 radical (unpaired) electrons. The van der Waals surface area contributed by atoms with Gasteiger partial charge >= 0.3 is 0 Å². The van der Waals surface area contributed by atoms with Crippen LogP contribution in [0.4, 0.5) is 0 Å². The molecule has 0 amide bonds. The second kappa shape index (κ2) is 6.49. The predicted molar refractivity (Wildman–Crippen MR) is 88.5 cm³/mol. The molecule has 1 aromatic carbocycles. The normalized spacial score (nSPS) is 31.3. The fourth-order valence-corrected chi connectivity index (χ4v) is 4.04. The number of aliphatic hydroxyl groups is 1. The molecule has 1 aliphatic carbocycles. The van der Waals surface area contributed by atoms with Crippen molar-refractivity contribution in [3.63, 3.8) is 0 Å². The second-order valence-corrected chi connectivity index (χ2v) is 6.74. The molecule has 2 aliphatic rings. The van der Waals surface area contributed by atoms with Gasteiger partial charge in [-0.05, 0) is 56.5 Å². The van der Waals surface area contributed by atoms with E-state index in [0.29, 0.717) is 25.7 Å². The van der Waals surface area contributed by atoms with Gasteiger partial charge in [-0.1, -0.05) is 13.5 Å². The topological polar surface area (TPSA) is 81.0 Å². The summed E-state index contributed by atoms with van der Waals surface area (Å²) in [7, 11) is 2.00. The molecule has 5 nitrogen and oxygen atoms in total. The number of hydrogen-bond acceptors (Lipinski definition) is 5. The van der Waals surface area contributed by atoms with Crippen molar-refractivity contribution in [3.05, 3.63) is 23.8 Å². The fraction of sp³-hybridized carbons (Fsp3) is 0.611. The minimum absolute atomic E-state index is 0. The van der Waals surface area contributed by atoms with Crippen LogP contribution in [0, 0.1) is 5.92 Å².